The molecule has 23 heavy (non-hydrogen) atoms. The lowest BCUT2D eigenvalue weighted by atomic mass is 9.95. The SMILES string of the molecule is CCCC(C)NC(=O)C1CCN(C(=O)c2cccc(F)c2)CC1. The fraction of sp³-hybridized carbons (Fsp3) is 0.556. The second kappa shape index (κ2) is 8.09. The molecule has 1 unspecified atom stereocenters. The highest BCUT2D eigenvalue weighted by atomic mass is 19.1. The summed E-state index contributed by atoms with van der Waals surface area (Å²) < 4.78 is 13.2. The Balaban J connectivity index is 1.86. The first-order chi connectivity index (χ1) is 11.0. The quantitative estimate of drug-likeness (QED) is 0.907. The first-order valence-corrected chi connectivity index (χ1v) is 8.36. The molecule has 1 aromatic carbocycles. The number of likely N-dealkylation sites (tertiary alicyclic amines) is 1. The molecule has 1 fully saturated rings. The molecule has 1 aliphatic rings. The molecule has 0 spiro atoms. The fourth-order valence-corrected chi connectivity index (χ4v) is 3.01. The van der Waals surface area contributed by atoms with Crippen LogP contribution >= 0.6 is 0 Å². The van der Waals surface area contributed by atoms with Crippen LogP contribution in [0.3, 0.4) is 0 Å². The van der Waals surface area contributed by atoms with Crippen molar-refractivity contribution in [2.24, 2.45) is 5.92 Å². The number of benzene rings is 1. The number of carbonyl (C=O) groups is 2. The molecule has 1 aliphatic heterocycles. The average molecular weight is 320 g/mol. The fourth-order valence-electron chi connectivity index (χ4n) is 3.01. The highest BCUT2D eigenvalue weighted by molar-refractivity contribution is 5.94. The van der Waals surface area contributed by atoms with Crippen LogP contribution in [-0.2, 0) is 4.79 Å². The summed E-state index contributed by atoms with van der Waals surface area (Å²) in [5.74, 6) is -0.521. The van der Waals surface area contributed by atoms with E-state index in [2.05, 4.69) is 12.2 Å². The Kier molecular flexibility index (Phi) is 6.13. The molecule has 4 nitrogen and oxygen atoms in total. The van der Waals surface area contributed by atoms with Gasteiger partial charge in [-0.2, -0.15) is 0 Å². The molecule has 1 atom stereocenters. The van der Waals surface area contributed by atoms with Gasteiger partial charge in [-0.15, -0.1) is 0 Å². The van der Waals surface area contributed by atoms with E-state index in [0.29, 0.717) is 31.5 Å². The third-order valence-corrected chi connectivity index (χ3v) is 4.33. The number of hydrogen-bond acceptors (Lipinski definition) is 2. The molecular weight excluding hydrogens is 295 g/mol. The van der Waals surface area contributed by atoms with Crippen LogP contribution in [0.2, 0.25) is 0 Å². The van der Waals surface area contributed by atoms with Crippen molar-refractivity contribution in [2.45, 2.75) is 45.6 Å². The van der Waals surface area contributed by atoms with Crippen molar-refractivity contribution in [3.8, 4) is 0 Å². The lowest BCUT2D eigenvalue weighted by Gasteiger charge is -2.32. The standard InChI is InChI=1S/C18H25FN2O2/c1-3-5-13(2)20-17(22)14-8-10-21(11-9-14)18(23)15-6-4-7-16(19)12-15/h4,6-7,12-14H,3,5,8-11H2,1-2H3,(H,20,22). The van der Waals surface area contributed by atoms with Crippen molar-refractivity contribution in [1.29, 1.82) is 0 Å². The summed E-state index contributed by atoms with van der Waals surface area (Å²) in [6, 6.07) is 5.94. The Bertz CT molecular complexity index is 554. The Morgan fingerprint density at radius 1 is 1.35 bits per heavy atom. The van der Waals surface area contributed by atoms with Crippen molar-refractivity contribution in [2.75, 3.05) is 13.1 Å². The van der Waals surface area contributed by atoms with Gasteiger partial charge in [0.15, 0.2) is 0 Å². The molecule has 2 amide bonds. The molecule has 0 saturated carbocycles. The summed E-state index contributed by atoms with van der Waals surface area (Å²) in [6.45, 7) is 5.19. The van der Waals surface area contributed by atoms with Gasteiger partial charge in [0.05, 0.1) is 0 Å². The highest BCUT2D eigenvalue weighted by Crippen LogP contribution is 2.20. The van der Waals surface area contributed by atoms with E-state index in [0.717, 1.165) is 12.8 Å². The summed E-state index contributed by atoms with van der Waals surface area (Å²) in [6.07, 6.45) is 3.34. The summed E-state index contributed by atoms with van der Waals surface area (Å²) in [7, 11) is 0. The second-order valence-corrected chi connectivity index (χ2v) is 6.28. The first-order valence-electron chi connectivity index (χ1n) is 8.36. The maximum Gasteiger partial charge on any atom is 0.253 e. The summed E-state index contributed by atoms with van der Waals surface area (Å²) >= 11 is 0. The van der Waals surface area contributed by atoms with Gasteiger partial charge in [0.2, 0.25) is 5.91 Å². The number of hydrogen-bond donors (Lipinski definition) is 1. The number of piperidine rings is 1. The Morgan fingerprint density at radius 2 is 2.04 bits per heavy atom. The Hall–Kier alpha value is -1.91. The largest absolute Gasteiger partial charge is 0.353 e. The van der Waals surface area contributed by atoms with Gasteiger partial charge in [-0.3, -0.25) is 9.59 Å². The topological polar surface area (TPSA) is 49.4 Å². The van der Waals surface area contributed by atoms with Gasteiger partial charge in [0, 0.05) is 30.6 Å². The third kappa shape index (κ3) is 4.78. The van der Waals surface area contributed by atoms with Crippen molar-refractivity contribution >= 4 is 11.8 Å². The summed E-state index contributed by atoms with van der Waals surface area (Å²) in [4.78, 5) is 26.3. The molecule has 1 saturated heterocycles. The smallest absolute Gasteiger partial charge is 0.253 e. The van der Waals surface area contributed by atoms with E-state index in [1.807, 2.05) is 6.92 Å². The molecule has 0 aromatic heterocycles. The van der Waals surface area contributed by atoms with E-state index >= 15 is 0 Å². The van der Waals surface area contributed by atoms with Crippen LogP contribution in [0.15, 0.2) is 24.3 Å². The molecule has 0 aliphatic carbocycles. The van der Waals surface area contributed by atoms with E-state index in [4.69, 9.17) is 0 Å². The van der Waals surface area contributed by atoms with Gasteiger partial charge in [-0.05, 0) is 44.4 Å². The number of carbonyl (C=O) groups excluding carboxylic acids is 2. The van der Waals surface area contributed by atoms with Crippen LogP contribution in [0, 0.1) is 11.7 Å². The van der Waals surface area contributed by atoms with Crippen LogP contribution in [0.5, 0.6) is 0 Å². The van der Waals surface area contributed by atoms with Gasteiger partial charge in [0.25, 0.3) is 5.91 Å². The van der Waals surface area contributed by atoms with E-state index < -0.39 is 5.82 Å². The number of nitrogens with zero attached hydrogens (tertiary/aromatic N) is 1. The van der Waals surface area contributed by atoms with Crippen molar-refractivity contribution in [3.05, 3.63) is 35.6 Å². The molecular formula is C18H25FN2O2. The zero-order valence-electron chi connectivity index (χ0n) is 13.8. The minimum atomic E-state index is -0.407. The second-order valence-electron chi connectivity index (χ2n) is 6.28. The van der Waals surface area contributed by atoms with E-state index in [1.54, 1.807) is 11.0 Å². The molecule has 0 radical (unpaired) electrons. The van der Waals surface area contributed by atoms with Gasteiger partial charge in [0.1, 0.15) is 5.82 Å². The molecule has 0 bridgehead atoms. The van der Waals surface area contributed by atoms with Gasteiger partial charge < -0.3 is 10.2 Å². The van der Waals surface area contributed by atoms with Crippen molar-refractivity contribution in [3.63, 3.8) is 0 Å². The Labute approximate surface area is 137 Å². The van der Waals surface area contributed by atoms with Crippen molar-refractivity contribution in [1.82, 2.24) is 10.2 Å². The van der Waals surface area contributed by atoms with E-state index in [-0.39, 0.29) is 23.8 Å². The summed E-state index contributed by atoms with van der Waals surface area (Å²) in [5.41, 5.74) is 0.365. The van der Waals surface area contributed by atoms with E-state index in [9.17, 15) is 14.0 Å². The zero-order chi connectivity index (χ0) is 16.8. The number of rotatable bonds is 5. The third-order valence-electron chi connectivity index (χ3n) is 4.33. The van der Waals surface area contributed by atoms with Crippen molar-refractivity contribution < 1.29 is 14.0 Å². The lowest BCUT2D eigenvalue weighted by molar-refractivity contribution is -0.126. The number of nitrogens with one attached hydrogen (secondary N) is 1. The molecule has 5 heteroatoms. The normalized spacial score (nSPS) is 16.9. The van der Waals surface area contributed by atoms with Crippen LogP contribution in [0.1, 0.15) is 49.9 Å². The first kappa shape index (κ1) is 17.4. The lowest BCUT2D eigenvalue weighted by Crippen LogP contribution is -2.44. The number of halogens is 1. The molecule has 126 valence electrons. The molecule has 2 rings (SSSR count). The van der Waals surface area contributed by atoms with Crippen LogP contribution in [-0.4, -0.2) is 35.8 Å². The summed E-state index contributed by atoms with van der Waals surface area (Å²) in [5, 5.41) is 3.04. The van der Waals surface area contributed by atoms with Crippen LogP contribution < -0.4 is 5.32 Å². The Morgan fingerprint density at radius 3 is 2.65 bits per heavy atom. The number of amides is 2. The maximum atomic E-state index is 13.2. The minimum Gasteiger partial charge on any atom is -0.353 e. The molecule has 1 aromatic rings. The van der Waals surface area contributed by atoms with Crippen LogP contribution in [0.4, 0.5) is 4.39 Å². The molecule has 1 heterocycles. The molecule has 1 N–H and O–H groups in total. The minimum absolute atomic E-state index is 0.0362. The predicted molar refractivity (Wildman–Crippen MR) is 87.5 cm³/mol. The van der Waals surface area contributed by atoms with Gasteiger partial charge >= 0.3 is 0 Å². The van der Waals surface area contributed by atoms with Gasteiger partial charge in [-0.25, -0.2) is 4.39 Å². The predicted octanol–water partition coefficient (Wildman–Crippen LogP) is 2.98. The van der Waals surface area contributed by atoms with Gasteiger partial charge in [-0.1, -0.05) is 19.4 Å². The monoisotopic (exact) mass is 320 g/mol. The highest BCUT2D eigenvalue weighted by Gasteiger charge is 2.28. The van der Waals surface area contributed by atoms with E-state index in [1.165, 1.54) is 18.2 Å². The average Bonchev–Trinajstić information content (AvgIpc) is 2.54. The maximum absolute atomic E-state index is 13.2. The zero-order valence-corrected chi connectivity index (χ0v) is 13.8. The van der Waals surface area contributed by atoms with Crippen LogP contribution in [0.25, 0.3) is 0 Å².